The molecular weight excluding hydrogens is 410 g/mol. The Hall–Kier alpha value is -3.08. The Kier molecular flexibility index (Phi) is 6.59. The predicted molar refractivity (Wildman–Crippen MR) is 135 cm³/mol. The highest BCUT2D eigenvalue weighted by atomic mass is 16.2. The summed E-state index contributed by atoms with van der Waals surface area (Å²) >= 11 is 0. The van der Waals surface area contributed by atoms with Crippen LogP contribution in [0.15, 0.2) is 48.2 Å². The van der Waals surface area contributed by atoms with Gasteiger partial charge in [-0.15, -0.1) is 0 Å². The van der Waals surface area contributed by atoms with Crippen LogP contribution in [0.2, 0.25) is 0 Å². The Morgan fingerprint density at radius 3 is 2.24 bits per heavy atom. The first-order chi connectivity index (χ1) is 15.7. The van der Waals surface area contributed by atoms with Gasteiger partial charge in [-0.05, 0) is 73.9 Å². The van der Waals surface area contributed by atoms with Crippen LogP contribution < -0.4 is 10.2 Å². The van der Waals surface area contributed by atoms with Crippen LogP contribution in [0.1, 0.15) is 50.3 Å². The number of piperidine rings is 1. The molecule has 4 rings (SSSR count). The van der Waals surface area contributed by atoms with Crippen molar-refractivity contribution >= 4 is 28.8 Å². The molecule has 0 aliphatic carbocycles. The van der Waals surface area contributed by atoms with Crippen molar-refractivity contribution in [2.45, 2.75) is 47.5 Å². The molecule has 1 N–H and O–H groups in total. The summed E-state index contributed by atoms with van der Waals surface area (Å²) in [6.45, 7) is 12.9. The van der Waals surface area contributed by atoms with Crippen molar-refractivity contribution < 1.29 is 9.59 Å². The Balaban J connectivity index is 1.65. The number of nitrogens with one attached hydrogen (secondary N) is 1. The number of rotatable bonds is 6. The Labute approximate surface area is 197 Å². The SMILES string of the molecule is Cc1ccc(C2=C(Nc3ccc(N4CCC(C)CC4)cc3)C(=O)N(CC(C)C)C2=O)c(C)c1. The summed E-state index contributed by atoms with van der Waals surface area (Å²) in [7, 11) is 0. The van der Waals surface area contributed by atoms with Gasteiger partial charge in [-0.25, -0.2) is 0 Å². The molecule has 1 fully saturated rings. The van der Waals surface area contributed by atoms with Gasteiger partial charge in [0.15, 0.2) is 0 Å². The van der Waals surface area contributed by atoms with Gasteiger partial charge in [0.2, 0.25) is 0 Å². The molecule has 0 spiro atoms. The van der Waals surface area contributed by atoms with Crippen LogP contribution >= 0.6 is 0 Å². The minimum Gasteiger partial charge on any atom is -0.372 e. The summed E-state index contributed by atoms with van der Waals surface area (Å²) in [6, 6.07) is 14.2. The Morgan fingerprint density at radius 2 is 1.64 bits per heavy atom. The number of imide groups is 1. The van der Waals surface area contributed by atoms with Crippen molar-refractivity contribution in [3.05, 3.63) is 64.9 Å². The number of anilines is 2. The standard InChI is InChI=1S/C28H35N3O2/c1-18(2)17-31-27(32)25(24-11-6-20(4)16-21(24)5)26(28(31)33)29-22-7-9-23(10-8-22)30-14-12-19(3)13-15-30/h6-11,16,18-19,29H,12-15,17H2,1-5H3. The normalized spacial score (nSPS) is 17.5. The van der Waals surface area contributed by atoms with Crippen LogP contribution in [0.4, 0.5) is 11.4 Å². The molecule has 0 bridgehead atoms. The van der Waals surface area contributed by atoms with Gasteiger partial charge in [-0.3, -0.25) is 14.5 Å². The summed E-state index contributed by atoms with van der Waals surface area (Å²) in [4.78, 5) is 30.5. The fraction of sp³-hybridized carbons (Fsp3) is 0.429. The molecule has 2 aliphatic heterocycles. The highest BCUT2D eigenvalue weighted by molar-refractivity contribution is 6.36. The molecule has 0 radical (unpaired) electrons. The van der Waals surface area contributed by atoms with Gasteiger partial charge < -0.3 is 10.2 Å². The molecular formula is C28H35N3O2. The zero-order chi connectivity index (χ0) is 23.7. The lowest BCUT2D eigenvalue weighted by Gasteiger charge is -2.32. The summed E-state index contributed by atoms with van der Waals surface area (Å²) in [5.74, 6) is 0.515. The van der Waals surface area contributed by atoms with Gasteiger partial charge in [-0.2, -0.15) is 0 Å². The average Bonchev–Trinajstić information content (AvgIpc) is 2.99. The largest absolute Gasteiger partial charge is 0.372 e. The number of benzene rings is 2. The van der Waals surface area contributed by atoms with Crippen LogP contribution in [0.25, 0.3) is 5.57 Å². The van der Waals surface area contributed by atoms with Gasteiger partial charge >= 0.3 is 0 Å². The number of nitrogens with zero attached hydrogens (tertiary/aromatic N) is 2. The summed E-state index contributed by atoms with van der Waals surface area (Å²) < 4.78 is 0. The molecule has 33 heavy (non-hydrogen) atoms. The molecule has 0 aromatic heterocycles. The zero-order valence-electron chi connectivity index (χ0n) is 20.4. The second-order valence-electron chi connectivity index (χ2n) is 10.0. The molecule has 2 aromatic carbocycles. The highest BCUT2D eigenvalue weighted by Crippen LogP contribution is 2.33. The van der Waals surface area contributed by atoms with Crippen molar-refractivity contribution in [3.8, 4) is 0 Å². The monoisotopic (exact) mass is 445 g/mol. The van der Waals surface area contributed by atoms with Crippen LogP contribution in [0.3, 0.4) is 0 Å². The molecule has 0 unspecified atom stereocenters. The average molecular weight is 446 g/mol. The number of carbonyl (C=O) groups excluding carboxylic acids is 2. The molecule has 1 saturated heterocycles. The zero-order valence-corrected chi connectivity index (χ0v) is 20.4. The summed E-state index contributed by atoms with van der Waals surface area (Å²) in [5, 5.41) is 3.30. The third-order valence-electron chi connectivity index (χ3n) is 6.65. The maximum Gasteiger partial charge on any atom is 0.278 e. The first-order valence-electron chi connectivity index (χ1n) is 12.0. The fourth-order valence-corrected chi connectivity index (χ4v) is 4.73. The van der Waals surface area contributed by atoms with Crippen LogP contribution in [0, 0.1) is 25.7 Å². The summed E-state index contributed by atoms with van der Waals surface area (Å²) in [5.41, 5.74) is 5.78. The molecule has 2 heterocycles. The van der Waals surface area contributed by atoms with E-state index in [4.69, 9.17) is 0 Å². The van der Waals surface area contributed by atoms with Gasteiger partial charge in [0, 0.05) is 31.0 Å². The van der Waals surface area contributed by atoms with E-state index in [2.05, 4.69) is 35.3 Å². The smallest absolute Gasteiger partial charge is 0.278 e. The molecule has 2 aliphatic rings. The van der Waals surface area contributed by atoms with E-state index in [0.717, 1.165) is 41.4 Å². The van der Waals surface area contributed by atoms with Crippen LogP contribution in [-0.4, -0.2) is 36.3 Å². The Bertz CT molecular complexity index is 1080. The van der Waals surface area contributed by atoms with E-state index in [-0.39, 0.29) is 17.7 Å². The van der Waals surface area contributed by atoms with Crippen molar-refractivity contribution in [1.29, 1.82) is 0 Å². The number of hydrogen-bond donors (Lipinski definition) is 1. The minimum atomic E-state index is -0.252. The number of carbonyl (C=O) groups is 2. The molecule has 0 saturated carbocycles. The van der Waals surface area contributed by atoms with Gasteiger partial charge in [0.05, 0.1) is 5.57 Å². The maximum atomic E-state index is 13.4. The number of amides is 2. The first kappa shape index (κ1) is 23.1. The lowest BCUT2D eigenvalue weighted by molar-refractivity contribution is -0.137. The minimum absolute atomic E-state index is 0.198. The van der Waals surface area contributed by atoms with E-state index >= 15 is 0 Å². The van der Waals surface area contributed by atoms with E-state index in [1.807, 2.05) is 52.0 Å². The predicted octanol–water partition coefficient (Wildman–Crippen LogP) is 5.39. The van der Waals surface area contributed by atoms with Crippen molar-refractivity contribution in [2.75, 3.05) is 29.9 Å². The maximum absolute atomic E-state index is 13.4. The first-order valence-corrected chi connectivity index (χ1v) is 12.0. The lowest BCUT2D eigenvalue weighted by Crippen LogP contribution is -2.35. The van der Waals surface area contributed by atoms with E-state index in [1.54, 1.807) is 0 Å². The topological polar surface area (TPSA) is 52.7 Å². The van der Waals surface area contributed by atoms with Gasteiger partial charge in [-0.1, -0.05) is 44.5 Å². The van der Waals surface area contributed by atoms with Crippen LogP contribution in [-0.2, 0) is 9.59 Å². The van der Waals surface area contributed by atoms with E-state index in [1.165, 1.54) is 23.4 Å². The molecule has 5 heteroatoms. The molecule has 5 nitrogen and oxygen atoms in total. The van der Waals surface area contributed by atoms with E-state index < -0.39 is 0 Å². The van der Waals surface area contributed by atoms with Crippen molar-refractivity contribution in [1.82, 2.24) is 4.90 Å². The highest BCUT2D eigenvalue weighted by Gasteiger charge is 2.39. The van der Waals surface area contributed by atoms with E-state index in [9.17, 15) is 9.59 Å². The Morgan fingerprint density at radius 1 is 0.970 bits per heavy atom. The molecule has 2 aromatic rings. The van der Waals surface area contributed by atoms with E-state index in [0.29, 0.717) is 17.8 Å². The van der Waals surface area contributed by atoms with Crippen molar-refractivity contribution in [2.24, 2.45) is 11.8 Å². The second-order valence-corrected chi connectivity index (χ2v) is 10.0. The van der Waals surface area contributed by atoms with Gasteiger partial charge in [0.1, 0.15) is 5.70 Å². The molecule has 174 valence electrons. The van der Waals surface area contributed by atoms with Crippen molar-refractivity contribution in [3.63, 3.8) is 0 Å². The quantitative estimate of drug-likeness (QED) is 0.606. The van der Waals surface area contributed by atoms with Crippen LogP contribution in [0.5, 0.6) is 0 Å². The second kappa shape index (κ2) is 9.42. The number of hydrogen-bond acceptors (Lipinski definition) is 4. The third kappa shape index (κ3) is 4.82. The third-order valence-corrected chi connectivity index (χ3v) is 6.65. The number of aryl methyl sites for hydroxylation is 2. The summed E-state index contributed by atoms with van der Waals surface area (Å²) in [6.07, 6.45) is 2.43. The van der Waals surface area contributed by atoms with Gasteiger partial charge in [0.25, 0.3) is 11.8 Å². The fourth-order valence-electron chi connectivity index (χ4n) is 4.73. The molecule has 0 atom stereocenters. The lowest BCUT2D eigenvalue weighted by atomic mass is 9.97. The molecule has 2 amide bonds.